The van der Waals surface area contributed by atoms with Crippen molar-refractivity contribution in [3.05, 3.63) is 27.7 Å². The van der Waals surface area contributed by atoms with E-state index >= 15 is 0 Å². The van der Waals surface area contributed by atoms with Gasteiger partial charge in [-0.1, -0.05) is 15.9 Å². The van der Waals surface area contributed by atoms with Crippen LogP contribution in [-0.2, 0) is 22.4 Å². The van der Waals surface area contributed by atoms with Crippen molar-refractivity contribution in [3.63, 3.8) is 0 Å². The van der Waals surface area contributed by atoms with Crippen molar-refractivity contribution in [1.29, 1.82) is 0 Å². The van der Waals surface area contributed by atoms with Gasteiger partial charge in [0.15, 0.2) is 0 Å². The molecule has 1 aromatic rings. The van der Waals surface area contributed by atoms with Crippen molar-refractivity contribution in [2.45, 2.75) is 19.3 Å². The zero-order valence-electron chi connectivity index (χ0n) is 9.96. The second-order valence-electron chi connectivity index (χ2n) is 4.21. The van der Waals surface area contributed by atoms with Crippen LogP contribution < -0.4 is 4.74 Å². The minimum absolute atomic E-state index is 0.0165. The lowest BCUT2D eigenvalue weighted by atomic mass is 9.84. The molecule has 1 unspecified atom stereocenters. The smallest absolute Gasteiger partial charge is 0.309 e. The van der Waals surface area contributed by atoms with Crippen LogP contribution in [0.5, 0.6) is 5.75 Å². The highest BCUT2D eigenvalue weighted by molar-refractivity contribution is 9.10. The number of esters is 1. The third kappa shape index (κ3) is 2.46. The first-order valence-corrected chi connectivity index (χ1v) is 6.38. The number of carbonyl (C=O) groups excluding carboxylic acids is 1. The molecule has 0 radical (unpaired) electrons. The van der Waals surface area contributed by atoms with Crippen LogP contribution in [0.4, 0.5) is 0 Å². The highest BCUT2D eigenvalue weighted by Crippen LogP contribution is 2.34. The lowest BCUT2D eigenvalue weighted by molar-refractivity contribution is -0.145. The van der Waals surface area contributed by atoms with Crippen LogP contribution in [0.2, 0.25) is 0 Å². The number of fused-ring (bicyclic) bond motifs is 1. The maximum Gasteiger partial charge on any atom is 0.309 e. The topological polar surface area (TPSA) is 35.5 Å². The second kappa shape index (κ2) is 5.08. The molecule has 3 nitrogen and oxygen atoms in total. The summed E-state index contributed by atoms with van der Waals surface area (Å²) in [6.07, 6.45) is 2.48. The fourth-order valence-corrected chi connectivity index (χ4v) is 2.92. The van der Waals surface area contributed by atoms with E-state index in [0.29, 0.717) is 0 Å². The normalized spacial score (nSPS) is 18.4. The Bertz CT molecular complexity index is 443. The highest BCUT2D eigenvalue weighted by Gasteiger charge is 2.27. The van der Waals surface area contributed by atoms with E-state index in [-0.39, 0.29) is 11.9 Å². The van der Waals surface area contributed by atoms with E-state index in [1.807, 2.05) is 12.1 Å². The Hall–Kier alpha value is -1.03. The van der Waals surface area contributed by atoms with Gasteiger partial charge in [-0.05, 0) is 42.5 Å². The summed E-state index contributed by atoms with van der Waals surface area (Å²) in [5, 5.41) is 0. The molecule has 0 bridgehead atoms. The van der Waals surface area contributed by atoms with Gasteiger partial charge in [0.1, 0.15) is 5.75 Å². The molecule has 1 aromatic carbocycles. The fraction of sp³-hybridized carbons (Fsp3) is 0.462. The van der Waals surface area contributed by atoms with Gasteiger partial charge in [0.2, 0.25) is 0 Å². The molecule has 0 saturated carbocycles. The molecule has 0 N–H and O–H groups in total. The Balaban J connectivity index is 2.29. The third-order valence-corrected chi connectivity index (χ3v) is 3.95. The molecule has 0 spiro atoms. The number of halogens is 1. The molecule has 0 fully saturated rings. The maximum absolute atomic E-state index is 11.5. The maximum atomic E-state index is 11.5. The lowest BCUT2D eigenvalue weighted by Gasteiger charge is -2.24. The molecule has 0 aliphatic heterocycles. The quantitative estimate of drug-likeness (QED) is 0.788. The van der Waals surface area contributed by atoms with Crippen LogP contribution >= 0.6 is 15.9 Å². The summed E-state index contributed by atoms with van der Waals surface area (Å²) in [7, 11) is 3.11. The van der Waals surface area contributed by atoms with Crippen LogP contribution in [0.3, 0.4) is 0 Å². The standard InChI is InChI=1S/C13H15BrO3/c1-16-10-5-8-3-4-9(13(15)17-2)6-11(8)12(14)7-10/h5,7,9H,3-4,6H2,1-2H3. The third-order valence-electron chi connectivity index (χ3n) is 3.24. The minimum atomic E-state index is -0.113. The Morgan fingerprint density at radius 3 is 2.82 bits per heavy atom. The van der Waals surface area contributed by atoms with Crippen LogP contribution in [0, 0.1) is 5.92 Å². The first-order valence-electron chi connectivity index (χ1n) is 5.58. The average Bonchev–Trinajstić information content (AvgIpc) is 2.37. The second-order valence-corrected chi connectivity index (χ2v) is 5.06. The highest BCUT2D eigenvalue weighted by atomic mass is 79.9. The average molecular weight is 299 g/mol. The van der Waals surface area contributed by atoms with Gasteiger partial charge in [-0.3, -0.25) is 4.79 Å². The fourth-order valence-electron chi connectivity index (χ4n) is 2.28. The van der Waals surface area contributed by atoms with E-state index in [0.717, 1.165) is 29.5 Å². The van der Waals surface area contributed by atoms with Gasteiger partial charge in [0.25, 0.3) is 0 Å². The van der Waals surface area contributed by atoms with Crippen LogP contribution in [0.25, 0.3) is 0 Å². The molecule has 1 aliphatic rings. The summed E-state index contributed by atoms with van der Waals surface area (Å²) in [6.45, 7) is 0. The number of hydrogen-bond donors (Lipinski definition) is 0. The van der Waals surface area contributed by atoms with Crippen molar-refractivity contribution >= 4 is 21.9 Å². The summed E-state index contributed by atoms with van der Waals surface area (Å²) < 4.78 is 11.1. The summed E-state index contributed by atoms with van der Waals surface area (Å²) >= 11 is 3.54. The van der Waals surface area contributed by atoms with E-state index in [9.17, 15) is 4.79 Å². The predicted molar refractivity (Wildman–Crippen MR) is 68.2 cm³/mol. The minimum Gasteiger partial charge on any atom is -0.497 e. The number of ether oxygens (including phenoxy) is 2. The molecular weight excluding hydrogens is 284 g/mol. The monoisotopic (exact) mass is 298 g/mol. The number of carbonyl (C=O) groups is 1. The molecule has 1 aliphatic carbocycles. The van der Waals surface area contributed by atoms with Crippen LogP contribution in [0.15, 0.2) is 16.6 Å². The van der Waals surface area contributed by atoms with Crippen molar-refractivity contribution in [2.75, 3.05) is 14.2 Å². The van der Waals surface area contributed by atoms with Crippen molar-refractivity contribution in [2.24, 2.45) is 5.92 Å². The molecule has 4 heteroatoms. The van der Waals surface area contributed by atoms with E-state index in [1.165, 1.54) is 18.2 Å². The molecule has 0 saturated heterocycles. The van der Waals surface area contributed by atoms with Crippen LogP contribution in [0.1, 0.15) is 17.5 Å². The summed E-state index contributed by atoms with van der Waals surface area (Å²) in [5.41, 5.74) is 2.46. The van der Waals surface area contributed by atoms with Crippen molar-refractivity contribution < 1.29 is 14.3 Å². The number of aryl methyl sites for hydroxylation is 1. The Kier molecular flexibility index (Phi) is 3.72. The van der Waals surface area contributed by atoms with Crippen molar-refractivity contribution in [3.8, 4) is 5.75 Å². The molecule has 2 rings (SSSR count). The molecule has 92 valence electrons. The van der Waals surface area contributed by atoms with Gasteiger partial charge in [-0.25, -0.2) is 0 Å². The number of rotatable bonds is 2. The number of hydrogen-bond acceptors (Lipinski definition) is 3. The molecular formula is C13H15BrO3. The van der Waals surface area contributed by atoms with Gasteiger partial charge in [0, 0.05) is 4.47 Å². The molecule has 17 heavy (non-hydrogen) atoms. The van der Waals surface area contributed by atoms with Crippen molar-refractivity contribution in [1.82, 2.24) is 0 Å². The summed E-state index contributed by atoms with van der Waals surface area (Å²) in [6, 6.07) is 3.99. The zero-order chi connectivity index (χ0) is 12.4. The molecule has 0 amide bonds. The molecule has 0 aromatic heterocycles. The van der Waals surface area contributed by atoms with Gasteiger partial charge in [-0.15, -0.1) is 0 Å². The van der Waals surface area contributed by atoms with E-state index < -0.39 is 0 Å². The number of methoxy groups -OCH3 is 2. The SMILES string of the molecule is COC(=O)C1CCc2cc(OC)cc(Br)c2C1. The van der Waals surface area contributed by atoms with Crippen LogP contribution in [-0.4, -0.2) is 20.2 Å². The first kappa shape index (κ1) is 12.4. The largest absolute Gasteiger partial charge is 0.497 e. The van der Waals surface area contributed by atoms with Gasteiger partial charge < -0.3 is 9.47 Å². The van der Waals surface area contributed by atoms with E-state index in [4.69, 9.17) is 9.47 Å². The zero-order valence-corrected chi connectivity index (χ0v) is 11.5. The van der Waals surface area contributed by atoms with E-state index in [1.54, 1.807) is 7.11 Å². The lowest BCUT2D eigenvalue weighted by Crippen LogP contribution is -2.24. The van der Waals surface area contributed by atoms with Gasteiger partial charge in [0.05, 0.1) is 20.1 Å². The van der Waals surface area contributed by atoms with Gasteiger partial charge >= 0.3 is 5.97 Å². The summed E-state index contributed by atoms with van der Waals surface area (Å²) in [5.74, 6) is 0.725. The molecule has 1 atom stereocenters. The summed E-state index contributed by atoms with van der Waals surface area (Å²) in [4.78, 5) is 11.5. The molecule has 0 heterocycles. The number of benzene rings is 1. The van der Waals surface area contributed by atoms with Gasteiger partial charge in [-0.2, -0.15) is 0 Å². The first-order chi connectivity index (χ1) is 8.15. The Morgan fingerprint density at radius 1 is 1.41 bits per heavy atom. The Morgan fingerprint density at radius 2 is 2.18 bits per heavy atom. The predicted octanol–water partition coefficient (Wildman–Crippen LogP) is 2.74. The Labute approximate surface area is 109 Å². The van der Waals surface area contributed by atoms with E-state index in [2.05, 4.69) is 15.9 Å².